The van der Waals surface area contributed by atoms with Gasteiger partial charge in [-0.25, -0.2) is 0 Å². The predicted octanol–water partition coefficient (Wildman–Crippen LogP) is 4.41. The van der Waals surface area contributed by atoms with Crippen LogP contribution in [0, 0.1) is 0 Å². The summed E-state index contributed by atoms with van der Waals surface area (Å²) in [5.74, 6) is 0.307. The van der Waals surface area contributed by atoms with E-state index in [9.17, 15) is 4.79 Å². The quantitative estimate of drug-likeness (QED) is 0.818. The molecule has 0 heterocycles. The van der Waals surface area contributed by atoms with Gasteiger partial charge in [0.2, 0.25) is 0 Å². The number of amides is 1. The minimum absolute atomic E-state index is 0.147. The number of carbonyl (C=O) groups is 1. The monoisotopic (exact) mass is 332 g/mol. The molecule has 0 bridgehead atoms. The maximum absolute atomic E-state index is 12.2. The molecule has 2 aromatic rings. The highest BCUT2D eigenvalue weighted by Gasteiger charge is 2.09. The highest BCUT2D eigenvalue weighted by Crippen LogP contribution is 2.25. The Bertz CT molecular complexity index is 621. The van der Waals surface area contributed by atoms with E-state index in [4.69, 9.17) is 5.73 Å². The molecular weight excluding hydrogens is 316 g/mol. The highest BCUT2D eigenvalue weighted by molar-refractivity contribution is 9.10. The summed E-state index contributed by atoms with van der Waals surface area (Å²) in [6, 6.07) is 13.0. The minimum atomic E-state index is -0.147. The van der Waals surface area contributed by atoms with E-state index in [-0.39, 0.29) is 5.91 Å². The fourth-order valence-electron chi connectivity index (χ4n) is 1.85. The average molecular weight is 333 g/mol. The Labute approximate surface area is 127 Å². The van der Waals surface area contributed by atoms with Crippen molar-refractivity contribution in [3.8, 4) is 0 Å². The number of anilines is 2. The molecule has 0 unspecified atom stereocenters. The molecule has 2 aromatic carbocycles. The molecule has 0 atom stereocenters. The lowest BCUT2D eigenvalue weighted by Gasteiger charge is -2.10. The number of carbonyl (C=O) groups excluding carboxylic acids is 1. The molecule has 0 radical (unpaired) electrons. The van der Waals surface area contributed by atoms with Crippen molar-refractivity contribution in [1.82, 2.24) is 0 Å². The third-order valence-corrected chi connectivity index (χ3v) is 3.77. The first-order valence-electron chi connectivity index (χ1n) is 6.43. The van der Waals surface area contributed by atoms with E-state index >= 15 is 0 Å². The summed E-state index contributed by atoms with van der Waals surface area (Å²) < 4.78 is 0.804. The number of benzene rings is 2. The first-order valence-corrected chi connectivity index (χ1v) is 7.23. The molecule has 0 aliphatic heterocycles. The highest BCUT2D eigenvalue weighted by atomic mass is 79.9. The average Bonchev–Trinajstić information content (AvgIpc) is 2.43. The van der Waals surface area contributed by atoms with Crippen LogP contribution in [0.5, 0.6) is 0 Å². The van der Waals surface area contributed by atoms with Crippen LogP contribution in [0.2, 0.25) is 0 Å². The Hall–Kier alpha value is -1.81. The standard InChI is InChI=1S/C16H17BrN2O/c1-10(2)11-3-5-12(6-4-11)16(20)19-15-9-13(18)7-8-14(15)17/h3-10H,18H2,1-2H3,(H,19,20). The van der Waals surface area contributed by atoms with Gasteiger partial charge in [-0.1, -0.05) is 26.0 Å². The zero-order chi connectivity index (χ0) is 14.7. The smallest absolute Gasteiger partial charge is 0.255 e. The SMILES string of the molecule is CC(C)c1ccc(C(=O)Nc2cc(N)ccc2Br)cc1. The fraction of sp³-hybridized carbons (Fsp3) is 0.188. The van der Waals surface area contributed by atoms with Gasteiger partial charge < -0.3 is 11.1 Å². The van der Waals surface area contributed by atoms with Gasteiger partial charge >= 0.3 is 0 Å². The second-order valence-corrected chi connectivity index (χ2v) is 5.82. The van der Waals surface area contributed by atoms with Crippen LogP contribution in [0.1, 0.15) is 35.7 Å². The van der Waals surface area contributed by atoms with Gasteiger partial charge in [-0.15, -0.1) is 0 Å². The van der Waals surface area contributed by atoms with Gasteiger partial charge in [0.1, 0.15) is 0 Å². The summed E-state index contributed by atoms with van der Waals surface area (Å²) in [6.45, 7) is 4.25. The van der Waals surface area contributed by atoms with Crippen molar-refractivity contribution in [1.29, 1.82) is 0 Å². The number of nitrogen functional groups attached to an aromatic ring is 1. The molecule has 3 nitrogen and oxygen atoms in total. The van der Waals surface area contributed by atoms with Crippen LogP contribution in [0.25, 0.3) is 0 Å². The minimum Gasteiger partial charge on any atom is -0.399 e. The molecule has 0 saturated carbocycles. The van der Waals surface area contributed by atoms with Gasteiger partial charge in [-0.3, -0.25) is 4.79 Å². The third kappa shape index (κ3) is 3.39. The molecule has 2 rings (SSSR count). The molecule has 0 aliphatic carbocycles. The van der Waals surface area contributed by atoms with E-state index in [1.807, 2.05) is 30.3 Å². The first kappa shape index (κ1) is 14.6. The Morgan fingerprint density at radius 3 is 2.40 bits per heavy atom. The van der Waals surface area contributed by atoms with Gasteiger partial charge in [0.15, 0.2) is 0 Å². The van der Waals surface area contributed by atoms with Crippen molar-refractivity contribution in [3.63, 3.8) is 0 Å². The van der Waals surface area contributed by atoms with Gasteiger partial charge in [0.25, 0.3) is 5.91 Å². The molecule has 20 heavy (non-hydrogen) atoms. The topological polar surface area (TPSA) is 55.1 Å². The Morgan fingerprint density at radius 1 is 1.15 bits per heavy atom. The molecule has 0 aliphatic rings. The van der Waals surface area contributed by atoms with Crippen LogP contribution < -0.4 is 11.1 Å². The maximum atomic E-state index is 12.2. The van der Waals surface area contributed by atoms with E-state index < -0.39 is 0 Å². The molecule has 0 aromatic heterocycles. The third-order valence-electron chi connectivity index (χ3n) is 3.08. The van der Waals surface area contributed by atoms with Crippen LogP contribution in [0.4, 0.5) is 11.4 Å². The molecular formula is C16H17BrN2O. The molecule has 4 heteroatoms. The summed E-state index contributed by atoms with van der Waals surface area (Å²) in [6.07, 6.45) is 0. The molecule has 104 valence electrons. The lowest BCUT2D eigenvalue weighted by atomic mass is 10.0. The van der Waals surface area contributed by atoms with Crippen molar-refractivity contribution in [3.05, 3.63) is 58.1 Å². The number of hydrogen-bond acceptors (Lipinski definition) is 2. The predicted molar refractivity (Wildman–Crippen MR) is 87.0 cm³/mol. The second kappa shape index (κ2) is 6.09. The Balaban J connectivity index is 2.17. The second-order valence-electron chi connectivity index (χ2n) is 4.97. The van der Waals surface area contributed by atoms with Crippen molar-refractivity contribution in [2.75, 3.05) is 11.1 Å². The first-order chi connectivity index (χ1) is 9.47. The van der Waals surface area contributed by atoms with Crippen molar-refractivity contribution >= 4 is 33.2 Å². The molecule has 0 fully saturated rings. The number of rotatable bonds is 3. The lowest BCUT2D eigenvalue weighted by Crippen LogP contribution is -2.12. The Kier molecular flexibility index (Phi) is 4.45. The molecule has 0 spiro atoms. The van der Waals surface area contributed by atoms with E-state index in [2.05, 4.69) is 35.1 Å². The number of hydrogen-bond donors (Lipinski definition) is 2. The summed E-state index contributed by atoms with van der Waals surface area (Å²) in [4.78, 5) is 12.2. The van der Waals surface area contributed by atoms with E-state index in [0.717, 1.165) is 4.47 Å². The van der Waals surface area contributed by atoms with E-state index in [1.165, 1.54) is 5.56 Å². The van der Waals surface area contributed by atoms with Crippen LogP contribution >= 0.6 is 15.9 Å². The van der Waals surface area contributed by atoms with Crippen LogP contribution in [-0.4, -0.2) is 5.91 Å². The van der Waals surface area contributed by atoms with Crippen LogP contribution in [0.15, 0.2) is 46.9 Å². The van der Waals surface area contributed by atoms with Crippen LogP contribution in [-0.2, 0) is 0 Å². The number of nitrogens with one attached hydrogen (secondary N) is 1. The van der Waals surface area contributed by atoms with Gasteiger partial charge in [0.05, 0.1) is 5.69 Å². The normalized spacial score (nSPS) is 10.6. The van der Waals surface area contributed by atoms with Crippen molar-refractivity contribution < 1.29 is 4.79 Å². The largest absolute Gasteiger partial charge is 0.399 e. The van der Waals surface area contributed by atoms with Crippen LogP contribution in [0.3, 0.4) is 0 Å². The molecule has 3 N–H and O–H groups in total. The van der Waals surface area contributed by atoms with Crippen molar-refractivity contribution in [2.45, 2.75) is 19.8 Å². The van der Waals surface area contributed by atoms with Crippen molar-refractivity contribution in [2.24, 2.45) is 0 Å². The summed E-state index contributed by atoms with van der Waals surface area (Å²) in [7, 11) is 0. The zero-order valence-electron chi connectivity index (χ0n) is 11.5. The van der Waals surface area contributed by atoms with E-state index in [1.54, 1.807) is 12.1 Å². The Morgan fingerprint density at radius 2 is 1.80 bits per heavy atom. The van der Waals surface area contributed by atoms with Gasteiger partial charge in [0, 0.05) is 15.7 Å². The van der Waals surface area contributed by atoms with E-state index in [0.29, 0.717) is 22.9 Å². The number of nitrogens with two attached hydrogens (primary N) is 1. The van der Waals surface area contributed by atoms with Gasteiger partial charge in [-0.05, 0) is 57.7 Å². The number of halogens is 1. The van der Waals surface area contributed by atoms with Gasteiger partial charge in [-0.2, -0.15) is 0 Å². The fourth-order valence-corrected chi connectivity index (χ4v) is 2.20. The maximum Gasteiger partial charge on any atom is 0.255 e. The molecule has 1 amide bonds. The molecule has 0 saturated heterocycles. The summed E-state index contributed by atoms with van der Waals surface area (Å²) in [5, 5.41) is 2.85. The zero-order valence-corrected chi connectivity index (χ0v) is 13.1. The lowest BCUT2D eigenvalue weighted by molar-refractivity contribution is 0.102. The summed E-state index contributed by atoms with van der Waals surface area (Å²) in [5.41, 5.74) is 8.85. The summed E-state index contributed by atoms with van der Waals surface area (Å²) >= 11 is 3.39.